The predicted molar refractivity (Wildman–Crippen MR) is 104 cm³/mol. The van der Waals surface area contributed by atoms with Gasteiger partial charge in [0.2, 0.25) is 0 Å². The van der Waals surface area contributed by atoms with Gasteiger partial charge in [0.1, 0.15) is 0 Å². The van der Waals surface area contributed by atoms with Crippen molar-refractivity contribution < 1.29 is 23.9 Å². The molecule has 0 aromatic heterocycles. The number of hydrogen-bond acceptors (Lipinski definition) is 5. The van der Waals surface area contributed by atoms with E-state index in [1.54, 1.807) is 30.3 Å². The molecule has 1 heterocycles. The van der Waals surface area contributed by atoms with Gasteiger partial charge in [-0.1, -0.05) is 31.2 Å². The summed E-state index contributed by atoms with van der Waals surface area (Å²) in [6.45, 7) is 3.01. The van der Waals surface area contributed by atoms with Crippen molar-refractivity contribution >= 4 is 17.8 Å². The minimum atomic E-state index is -0.338. The number of fused-ring (bicyclic) bond motifs is 1. The molecule has 148 valence electrons. The fourth-order valence-electron chi connectivity index (χ4n) is 3.48. The van der Waals surface area contributed by atoms with Crippen LogP contribution in [0.15, 0.2) is 48.1 Å². The van der Waals surface area contributed by atoms with Crippen molar-refractivity contribution in [3.8, 4) is 0 Å². The number of nitrogens with zero attached hydrogens (tertiary/aromatic N) is 1. The SMILES string of the molecule is COC(=O)C1=CC(C)C(OCCCCCN2C(=O)c3ccccc3C2=O)C=C1. The molecule has 0 radical (unpaired) electrons. The maximum absolute atomic E-state index is 12.3. The van der Waals surface area contributed by atoms with E-state index >= 15 is 0 Å². The topological polar surface area (TPSA) is 72.9 Å². The van der Waals surface area contributed by atoms with E-state index in [-0.39, 0.29) is 29.8 Å². The van der Waals surface area contributed by atoms with Gasteiger partial charge in [-0.3, -0.25) is 14.5 Å². The third-order valence-electron chi connectivity index (χ3n) is 5.06. The average molecular weight is 383 g/mol. The zero-order chi connectivity index (χ0) is 20.1. The van der Waals surface area contributed by atoms with Crippen LogP contribution in [-0.4, -0.2) is 49.0 Å². The number of unbranched alkanes of at least 4 members (excludes halogenated alkanes) is 2. The van der Waals surface area contributed by atoms with Gasteiger partial charge in [0.05, 0.1) is 29.9 Å². The maximum Gasteiger partial charge on any atom is 0.337 e. The molecule has 6 nitrogen and oxygen atoms in total. The molecule has 1 aromatic carbocycles. The zero-order valence-electron chi connectivity index (χ0n) is 16.2. The maximum atomic E-state index is 12.3. The fraction of sp³-hybridized carbons (Fsp3) is 0.409. The Morgan fingerprint density at radius 3 is 2.36 bits per heavy atom. The highest BCUT2D eigenvalue weighted by molar-refractivity contribution is 6.21. The third-order valence-corrected chi connectivity index (χ3v) is 5.06. The number of benzene rings is 1. The summed E-state index contributed by atoms with van der Waals surface area (Å²) in [5, 5.41) is 0. The molecular formula is C22H25NO5. The van der Waals surface area contributed by atoms with Crippen molar-refractivity contribution in [3.63, 3.8) is 0 Å². The number of rotatable bonds is 8. The highest BCUT2D eigenvalue weighted by Crippen LogP contribution is 2.23. The van der Waals surface area contributed by atoms with E-state index in [1.165, 1.54) is 12.0 Å². The van der Waals surface area contributed by atoms with Crippen molar-refractivity contribution in [1.29, 1.82) is 0 Å². The molecule has 3 rings (SSSR count). The van der Waals surface area contributed by atoms with Gasteiger partial charge in [-0.05, 0) is 37.5 Å². The van der Waals surface area contributed by atoms with Gasteiger partial charge in [-0.2, -0.15) is 0 Å². The molecule has 1 aliphatic carbocycles. The van der Waals surface area contributed by atoms with Crippen LogP contribution in [0.4, 0.5) is 0 Å². The summed E-state index contributed by atoms with van der Waals surface area (Å²) in [4.78, 5) is 37.5. The van der Waals surface area contributed by atoms with Crippen LogP contribution in [0.1, 0.15) is 46.9 Å². The quantitative estimate of drug-likeness (QED) is 0.392. The molecule has 0 fully saturated rings. The highest BCUT2D eigenvalue weighted by atomic mass is 16.5. The minimum absolute atomic E-state index is 0.0651. The number of methoxy groups -OCH3 is 1. The molecule has 28 heavy (non-hydrogen) atoms. The molecule has 2 aliphatic rings. The first-order valence-corrected chi connectivity index (χ1v) is 9.58. The molecular weight excluding hydrogens is 358 g/mol. The fourth-order valence-corrected chi connectivity index (χ4v) is 3.48. The van der Waals surface area contributed by atoms with Crippen LogP contribution < -0.4 is 0 Å². The molecule has 0 saturated heterocycles. The lowest BCUT2D eigenvalue weighted by molar-refractivity contribution is -0.135. The van der Waals surface area contributed by atoms with Crippen LogP contribution in [0.2, 0.25) is 0 Å². The molecule has 0 spiro atoms. The second kappa shape index (κ2) is 8.97. The number of ether oxygens (including phenoxy) is 2. The Hall–Kier alpha value is -2.73. The van der Waals surface area contributed by atoms with Crippen LogP contribution in [0.25, 0.3) is 0 Å². The van der Waals surface area contributed by atoms with E-state index in [0.29, 0.717) is 29.9 Å². The number of amides is 2. The monoisotopic (exact) mass is 383 g/mol. The summed E-state index contributed by atoms with van der Waals surface area (Å²) < 4.78 is 10.6. The lowest BCUT2D eigenvalue weighted by atomic mass is 9.95. The normalized spacial score (nSPS) is 20.9. The largest absolute Gasteiger partial charge is 0.465 e. The molecule has 0 bridgehead atoms. The minimum Gasteiger partial charge on any atom is -0.465 e. The predicted octanol–water partition coefficient (Wildman–Crippen LogP) is 3.14. The van der Waals surface area contributed by atoms with Crippen LogP contribution >= 0.6 is 0 Å². The van der Waals surface area contributed by atoms with Crippen LogP contribution in [0.5, 0.6) is 0 Å². The summed E-state index contributed by atoms with van der Waals surface area (Å²) in [6, 6.07) is 6.94. The average Bonchev–Trinajstić information content (AvgIpc) is 2.95. The summed E-state index contributed by atoms with van der Waals surface area (Å²) in [6.07, 6.45) is 7.87. The van der Waals surface area contributed by atoms with E-state index in [4.69, 9.17) is 9.47 Å². The molecule has 0 saturated carbocycles. The Morgan fingerprint density at radius 2 is 1.75 bits per heavy atom. The molecule has 2 atom stereocenters. The van der Waals surface area contributed by atoms with Crippen molar-refractivity contribution in [2.45, 2.75) is 32.3 Å². The second-order valence-electron chi connectivity index (χ2n) is 7.04. The standard InChI is InChI=1S/C22H25NO5/c1-15-14-16(22(26)27-2)10-11-19(15)28-13-7-3-6-12-23-20(24)17-8-4-5-9-18(17)21(23)25/h4-5,8-11,14-15,19H,3,6-7,12-13H2,1-2H3. The van der Waals surface area contributed by atoms with Crippen molar-refractivity contribution in [3.05, 3.63) is 59.2 Å². The molecule has 1 aromatic rings. The summed E-state index contributed by atoms with van der Waals surface area (Å²) in [5.74, 6) is -0.649. The van der Waals surface area contributed by atoms with E-state index in [9.17, 15) is 14.4 Å². The van der Waals surface area contributed by atoms with Crippen molar-refractivity contribution in [1.82, 2.24) is 4.90 Å². The molecule has 2 amide bonds. The lowest BCUT2D eigenvalue weighted by Crippen LogP contribution is -2.30. The van der Waals surface area contributed by atoms with Crippen LogP contribution in [-0.2, 0) is 14.3 Å². The second-order valence-corrected chi connectivity index (χ2v) is 7.04. The Labute approximate surface area is 164 Å². The summed E-state index contributed by atoms with van der Waals surface area (Å²) in [5.41, 5.74) is 1.54. The lowest BCUT2D eigenvalue weighted by Gasteiger charge is -2.22. The highest BCUT2D eigenvalue weighted by Gasteiger charge is 2.34. The Kier molecular flexibility index (Phi) is 6.41. The Morgan fingerprint density at radius 1 is 1.07 bits per heavy atom. The van der Waals surface area contributed by atoms with Crippen LogP contribution in [0.3, 0.4) is 0 Å². The third kappa shape index (κ3) is 4.22. The van der Waals surface area contributed by atoms with Crippen molar-refractivity contribution in [2.24, 2.45) is 5.92 Å². The number of imide groups is 1. The molecule has 1 aliphatic heterocycles. The molecule has 0 N–H and O–H groups in total. The summed E-state index contributed by atoms with van der Waals surface area (Å²) >= 11 is 0. The first-order valence-electron chi connectivity index (χ1n) is 9.58. The number of carbonyl (C=O) groups is 3. The molecule has 2 unspecified atom stereocenters. The number of esters is 1. The molecule has 6 heteroatoms. The van der Waals surface area contributed by atoms with Gasteiger partial charge in [-0.25, -0.2) is 4.79 Å². The number of carbonyl (C=O) groups excluding carboxylic acids is 3. The van der Waals surface area contributed by atoms with E-state index in [2.05, 4.69) is 0 Å². The zero-order valence-corrected chi connectivity index (χ0v) is 16.2. The smallest absolute Gasteiger partial charge is 0.337 e. The van der Waals surface area contributed by atoms with Gasteiger partial charge >= 0.3 is 5.97 Å². The Balaban J connectivity index is 1.36. The van der Waals surface area contributed by atoms with E-state index in [1.807, 2.05) is 19.1 Å². The van der Waals surface area contributed by atoms with Crippen molar-refractivity contribution in [2.75, 3.05) is 20.3 Å². The summed E-state index contributed by atoms with van der Waals surface area (Å²) in [7, 11) is 1.37. The van der Waals surface area contributed by atoms with E-state index in [0.717, 1.165) is 19.3 Å². The van der Waals surface area contributed by atoms with E-state index < -0.39 is 0 Å². The van der Waals surface area contributed by atoms with Crippen LogP contribution in [0, 0.1) is 5.92 Å². The van der Waals surface area contributed by atoms with Gasteiger partial charge in [0.25, 0.3) is 11.8 Å². The van der Waals surface area contributed by atoms with Gasteiger partial charge < -0.3 is 9.47 Å². The number of hydrogen-bond donors (Lipinski definition) is 0. The van der Waals surface area contributed by atoms with Gasteiger partial charge in [0.15, 0.2) is 0 Å². The first kappa shape index (κ1) is 20.0. The van der Waals surface area contributed by atoms with Gasteiger partial charge in [-0.15, -0.1) is 0 Å². The first-order chi connectivity index (χ1) is 13.5. The van der Waals surface area contributed by atoms with Gasteiger partial charge in [0, 0.05) is 19.1 Å². The Bertz CT molecular complexity index is 791.